The van der Waals surface area contributed by atoms with Gasteiger partial charge in [-0.2, -0.15) is 0 Å². The minimum atomic E-state index is 0. The van der Waals surface area contributed by atoms with Gasteiger partial charge in [0.1, 0.15) is 0 Å². The van der Waals surface area contributed by atoms with E-state index in [1.807, 2.05) is 0 Å². The monoisotopic (exact) mass is 447 g/mol. The number of ether oxygens (including phenoxy) is 2. The zero-order valence-corrected chi connectivity index (χ0v) is 17.2. The Labute approximate surface area is 162 Å². The molecule has 1 aliphatic rings. The SMILES string of the molecule is CN=C(NCC1(c2ccccc2)CCOCC1)NC(C)COC.I. The highest BCUT2D eigenvalue weighted by molar-refractivity contribution is 14.0. The Bertz CT molecular complexity index is 490. The van der Waals surface area contributed by atoms with E-state index in [0.717, 1.165) is 38.6 Å². The average Bonchev–Trinajstić information content (AvgIpc) is 2.60. The van der Waals surface area contributed by atoms with Gasteiger partial charge in [-0.1, -0.05) is 30.3 Å². The molecule has 0 aromatic heterocycles. The van der Waals surface area contributed by atoms with Gasteiger partial charge in [0.15, 0.2) is 5.96 Å². The highest BCUT2D eigenvalue weighted by Gasteiger charge is 2.34. The average molecular weight is 447 g/mol. The zero-order chi connectivity index (χ0) is 16.5. The van der Waals surface area contributed by atoms with Crippen LogP contribution in [-0.4, -0.2) is 52.5 Å². The first-order valence-corrected chi connectivity index (χ1v) is 8.29. The lowest BCUT2D eigenvalue weighted by Crippen LogP contribution is -2.50. The van der Waals surface area contributed by atoms with Gasteiger partial charge in [0.2, 0.25) is 0 Å². The van der Waals surface area contributed by atoms with Crippen molar-refractivity contribution in [1.29, 1.82) is 0 Å². The predicted octanol–water partition coefficient (Wildman–Crippen LogP) is 2.55. The largest absolute Gasteiger partial charge is 0.383 e. The van der Waals surface area contributed by atoms with Crippen molar-refractivity contribution in [2.24, 2.45) is 4.99 Å². The Morgan fingerprint density at radius 2 is 1.96 bits per heavy atom. The number of rotatable bonds is 6. The lowest BCUT2D eigenvalue weighted by atomic mass is 9.74. The van der Waals surface area contributed by atoms with E-state index < -0.39 is 0 Å². The van der Waals surface area contributed by atoms with Crippen molar-refractivity contribution in [3.05, 3.63) is 35.9 Å². The summed E-state index contributed by atoms with van der Waals surface area (Å²) >= 11 is 0. The van der Waals surface area contributed by atoms with E-state index >= 15 is 0 Å². The van der Waals surface area contributed by atoms with Gasteiger partial charge in [-0.15, -0.1) is 24.0 Å². The zero-order valence-electron chi connectivity index (χ0n) is 14.9. The lowest BCUT2D eigenvalue weighted by Gasteiger charge is -2.38. The highest BCUT2D eigenvalue weighted by atomic mass is 127. The molecular formula is C18H30IN3O2. The second kappa shape index (κ2) is 10.9. The predicted molar refractivity (Wildman–Crippen MR) is 109 cm³/mol. The van der Waals surface area contributed by atoms with Gasteiger partial charge in [0.25, 0.3) is 0 Å². The molecule has 136 valence electrons. The number of hydrogen-bond donors (Lipinski definition) is 2. The van der Waals surface area contributed by atoms with Crippen LogP contribution in [0.25, 0.3) is 0 Å². The minimum absolute atomic E-state index is 0. The summed E-state index contributed by atoms with van der Waals surface area (Å²) in [5.41, 5.74) is 1.47. The van der Waals surface area contributed by atoms with Crippen LogP contribution >= 0.6 is 24.0 Å². The third kappa shape index (κ3) is 5.89. The summed E-state index contributed by atoms with van der Waals surface area (Å²) in [4.78, 5) is 4.33. The molecule has 0 saturated carbocycles. The van der Waals surface area contributed by atoms with Crippen LogP contribution in [0.15, 0.2) is 35.3 Å². The molecule has 1 atom stereocenters. The normalized spacial score (nSPS) is 18.4. The van der Waals surface area contributed by atoms with Crippen molar-refractivity contribution in [3.63, 3.8) is 0 Å². The fourth-order valence-electron chi connectivity index (χ4n) is 3.09. The van der Waals surface area contributed by atoms with E-state index in [4.69, 9.17) is 9.47 Å². The molecule has 2 N–H and O–H groups in total. The van der Waals surface area contributed by atoms with Crippen LogP contribution in [0.5, 0.6) is 0 Å². The van der Waals surface area contributed by atoms with Crippen molar-refractivity contribution < 1.29 is 9.47 Å². The number of benzene rings is 1. The molecule has 1 aliphatic heterocycles. The Kier molecular flexibility index (Phi) is 9.61. The molecule has 2 rings (SSSR count). The number of halogens is 1. The number of nitrogens with zero attached hydrogens (tertiary/aromatic N) is 1. The van der Waals surface area contributed by atoms with E-state index in [9.17, 15) is 0 Å². The van der Waals surface area contributed by atoms with Crippen molar-refractivity contribution in [3.8, 4) is 0 Å². The Morgan fingerprint density at radius 3 is 2.54 bits per heavy atom. The molecule has 6 heteroatoms. The first-order valence-electron chi connectivity index (χ1n) is 8.29. The minimum Gasteiger partial charge on any atom is -0.383 e. The topological polar surface area (TPSA) is 54.9 Å². The fourth-order valence-corrected chi connectivity index (χ4v) is 3.09. The molecule has 24 heavy (non-hydrogen) atoms. The van der Waals surface area contributed by atoms with Crippen LogP contribution in [0.3, 0.4) is 0 Å². The van der Waals surface area contributed by atoms with Crippen LogP contribution in [0, 0.1) is 0 Å². The molecule has 0 spiro atoms. The Hall–Kier alpha value is -0.860. The van der Waals surface area contributed by atoms with Crippen molar-refractivity contribution in [1.82, 2.24) is 10.6 Å². The summed E-state index contributed by atoms with van der Waals surface area (Å²) in [6, 6.07) is 10.9. The van der Waals surface area contributed by atoms with E-state index in [-0.39, 0.29) is 35.4 Å². The second-order valence-electron chi connectivity index (χ2n) is 6.19. The molecule has 0 radical (unpaired) electrons. The molecule has 0 bridgehead atoms. The number of hydrogen-bond acceptors (Lipinski definition) is 3. The van der Waals surface area contributed by atoms with Crippen molar-refractivity contribution in [2.75, 3.05) is 40.5 Å². The first kappa shape index (κ1) is 21.2. The van der Waals surface area contributed by atoms with Gasteiger partial charge >= 0.3 is 0 Å². The van der Waals surface area contributed by atoms with Crippen LogP contribution in [-0.2, 0) is 14.9 Å². The van der Waals surface area contributed by atoms with Crippen molar-refractivity contribution in [2.45, 2.75) is 31.2 Å². The Balaban J connectivity index is 0.00000288. The van der Waals surface area contributed by atoms with E-state index in [0.29, 0.717) is 6.61 Å². The summed E-state index contributed by atoms with van der Waals surface area (Å²) in [5, 5.41) is 6.85. The maximum Gasteiger partial charge on any atom is 0.191 e. The van der Waals surface area contributed by atoms with Crippen LogP contribution < -0.4 is 10.6 Å². The lowest BCUT2D eigenvalue weighted by molar-refractivity contribution is 0.0513. The summed E-state index contributed by atoms with van der Waals surface area (Å²) < 4.78 is 10.8. The van der Waals surface area contributed by atoms with Crippen LogP contribution in [0.1, 0.15) is 25.3 Å². The number of guanidine groups is 1. The van der Waals surface area contributed by atoms with Gasteiger partial charge in [-0.05, 0) is 25.3 Å². The molecule has 1 aromatic carbocycles. The third-order valence-corrected chi connectivity index (χ3v) is 4.45. The van der Waals surface area contributed by atoms with Gasteiger partial charge in [0.05, 0.1) is 6.61 Å². The maximum absolute atomic E-state index is 5.59. The standard InChI is InChI=1S/C18H29N3O2.HI/c1-15(13-22-3)21-17(19-2)20-14-18(9-11-23-12-10-18)16-7-5-4-6-8-16;/h4-8,15H,9-14H2,1-3H3,(H2,19,20,21);1H. The van der Waals surface area contributed by atoms with Gasteiger partial charge in [0, 0.05) is 45.4 Å². The smallest absolute Gasteiger partial charge is 0.191 e. The Morgan fingerprint density at radius 1 is 1.29 bits per heavy atom. The van der Waals surface area contributed by atoms with Gasteiger partial charge in [-0.25, -0.2) is 0 Å². The second-order valence-corrected chi connectivity index (χ2v) is 6.19. The van der Waals surface area contributed by atoms with E-state index in [2.05, 4.69) is 52.9 Å². The fraction of sp³-hybridized carbons (Fsp3) is 0.611. The maximum atomic E-state index is 5.59. The number of methoxy groups -OCH3 is 1. The first-order chi connectivity index (χ1) is 11.2. The molecule has 0 amide bonds. The molecule has 0 aliphatic carbocycles. The third-order valence-electron chi connectivity index (χ3n) is 4.45. The molecule has 1 heterocycles. The molecule has 1 fully saturated rings. The summed E-state index contributed by atoms with van der Waals surface area (Å²) in [6.07, 6.45) is 2.04. The van der Waals surface area contributed by atoms with Crippen molar-refractivity contribution >= 4 is 29.9 Å². The summed E-state index contributed by atoms with van der Waals surface area (Å²) in [7, 11) is 3.51. The van der Waals surface area contributed by atoms with Crippen LogP contribution in [0.2, 0.25) is 0 Å². The van der Waals surface area contributed by atoms with Crippen LogP contribution in [0.4, 0.5) is 0 Å². The molecule has 1 saturated heterocycles. The molecule has 5 nitrogen and oxygen atoms in total. The number of aliphatic imine (C=N–C) groups is 1. The molecular weight excluding hydrogens is 417 g/mol. The molecule has 1 unspecified atom stereocenters. The van der Waals surface area contributed by atoms with Gasteiger partial charge in [-0.3, -0.25) is 4.99 Å². The highest BCUT2D eigenvalue weighted by Crippen LogP contribution is 2.34. The van der Waals surface area contributed by atoms with Gasteiger partial charge < -0.3 is 20.1 Å². The summed E-state index contributed by atoms with van der Waals surface area (Å²) in [6.45, 7) is 5.20. The van der Waals surface area contributed by atoms with E-state index in [1.54, 1.807) is 14.2 Å². The van der Waals surface area contributed by atoms with E-state index in [1.165, 1.54) is 5.56 Å². The summed E-state index contributed by atoms with van der Waals surface area (Å²) in [5.74, 6) is 0.816. The quantitative estimate of drug-likeness (QED) is 0.400. The number of nitrogens with one attached hydrogen (secondary N) is 2. The molecule has 1 aromatic rings.